The molecule has 0 saturated carbocycles. The van der Waals surface area contributed by atoms with E-state index in [0.717, 1.165) is 4.31 Å². The van der Waals surface area contributed by atoms with Crippen LogP contribution in [0.3, 0.4) is 0 Å². The lowest BCUT2D eigenvalue weighted by Crippen LogP contribution is -2.49. The van der Waals surface area contributed by atoms with Crippen LogP contribution in [0, 0.1) is 0 Å². The van der Waals surface area contributed by atoms with Crippen LogP contribution in [-0.4, -0.2) is 54.4 Å². The van der Waals surface area contributed by atoms with Gasteiger partial charge in [0.1, 0.15) is 0 Å². The summed E-state index contributed by atoms with van der Waals surface area (Å²) in [7, 11) is -3.90. The lowest BCUT2D eigenvalue weighted by Gasteiger charge is -2.26. The number of piperazine rings is 1. The summed E-state index contributed by atoms with van der Waals surface area (Å²) < 4.78 is 31.9. The van der Waals surface area contributed by atoms with Crippen molar-refractivity contribution in [3.05, 3.63) is 60.5 Å². The van der Waals surface area contributed by atoms with E-state index in [9.17, 15) is 18.0 Å². The van der Waals surface area contributed by atoms with Gasteiger partial charge in [0.2, 0.25) is 28.2 Å². The second kappa shape index (κ2) is 8.05. The molecule has 30 heavy (non-hydrogen) atoms. The molecule has 2 N–H and O–H groups in total. The first-order valence-corrected chi connectivity index (χ1v) is 10.4. The Morgan fingerprint density at radius 1 is 1.17 bits per heavy atom. The maximum Gasteiger partial charge on any atom is 0.255 e. The topological polar surface area (TPSA) is 134 Å². The van der Waals surface area contributed by atoms with Gasteiger partial charge in [0.25, 0.3) is 5.91 Å². The van der Waals surface area contributed by atoms with E-state index < -0.39 is 15.9 Å². The number of amides is 2. The minimum absolute atomic E-state index is 0.0514. The number of rotatable bonds is 5. The molecule has 4 rings (SSSR count). The Morgan fingerprint density at radius 2 is 2.00 bits per heavy atom. The predicted molar refractivity (Wildman–Crippen MR) is 106 cm³/mol. The smallest absolute Gasteiger partial charge is 0.255 e. The molecule has 10 nitrogen and oxygen atoms in total. The monoisotopic (exact) mass is 427 g/mol. The van der Waals surface area contributed by atoms with Crippen molar-refractivity contribution in [2.45, 2.75) is 4.90 Å². The minimum Gasteiger partial charge on any atom is -0.423 e. The Morgan fingerprint density at radius 3 is 2.77 bits per heavy atom. The normalized spacial score (nSPS) is 14.9. The third-order valence-electron chi connectivity index (χ3n) is 4.46. The van der Waals surface area contributed by atoms with Crippen molar-refractivity contribution in [2.24, 2.45) is 0 Å². The summed E-state index contributed by atoms with van der Waals surface area (Å²) in [4.78, 5) is 24.2. The van der Waals surface area contributed by atoms with Crippen molar-refractivity contribution >= 4 is 27.5 Å². The summed E-state index contributed by atoms with van der Waals surface area (Å²) in [6.45, 7) is 0.169. The minimum atomic E-state index is -3.90. The Balaban J connectivity index is 1.55. The molecule has 1 fully saturated rings. The molecule has 1 aromatic heterocycles. The fourth-order valence-electron chi connectivity index (χ4n) is 3.00. The third-order valence-corrected chi connectivity index (χ3v) is 6.31. The number of nitrogens with one attached hydrogen (secondary N) is 2. The van der Waals surface area contributed by atoms with Crippen molar-refractivity contribution in [1.82, 2.24) is 19.8 Å². The number of aromatic nitrogens is 2. The number of hydrogen-bond acceptors (Lipinski definition) is 7. The van der Waals surface area contributed by atoms with Crippen molar-refractivity contribution in [3.8, 4) is 11.5 Å². The van der Waals surface area contributed by atoms with E-state index in [2.05, 4.69) is 20.8 Å². The van der Waals surface area contributed by atoms with Gasteiger partial charge in [-0.3, -0.25) is 9.59 Å². The first-order valence-electron chi connectivity index (χ1n) is 8.98. The van der Waals surface area contributed by atoms with Crippen LogP contribution in [0.15, 0.2) is 64.2 Å². The summed E-state index contributed by atoms with van der Waals surface area (Å²) in [6.07, 6.45) is 1.21. The largest absolute Gasteiger partial charge is 0.423 e. The number of carbonyl (C=O) groups excluding carboxylic acids is 2. The van der Waals surface area contributed by atoms with Crippen LogP contribution >= 0.6 is 0 Å². The Kier molecular flexibility index (Phi) is 5.29. The highest BCUT2D eigenvalue weighted by atomic mass is 32.2. The maximum absolute atomic E-state index is 12.8. The molecule has 0 bridgehead atoms. The third kappa shape index (κ3) is 4.07. The Hall–Kier alpha value is -3.57. The fraction of sp³-hybridized carbons (Fsp3) is 0.158. The van der Waals surface area contributed by atoms with E-state index in [0.29, 0.717) is 17.1 Å². The van der Waals surface area contributed by atoms with Crippen molar-refractivity contribution in [3.63, 3.8) is 0 Å². The molecule has 0 spiro atoms. The molecule has 0 unspecified atom stereocenters. The van der Waals surface area contributed by atoms with E-state index in [1.165, 1.54) is 30.7 Å². The molecule has 0 radical (unpaired) electrons. The van der Waals surface area contributed by atoms with E-state index >= 15 is 0 Å². The first-order chi connectivity index (χ1) is 14.4. The number of hydrogen-bond donors (Lipinski definition) is 2. The number of nitrogens with zero attached hydrogens (tertiary/aromatic N) is 3. The van der Waals surface area contributed by atoms with E-state index in [1.54, 1.807) is 24.3 Å². The molecule has 2 heterocycles. The summed E-state index contributed by atoms with van der Waals surface area (Å²) in [5.41, 5.74) is 1.28. The highest BCUT2D eigenvalue weighted by Gasteiger charge is 2.29. The van der Waals surface area contributed by atoms with Gasteiger partial charge in [-0.2, -0.15) is 4.31 Å². The van der Waals surface area contributed by atoms with Gasteiger partial charge >= 0.3 is 0 Å². The molecule has 11 heteroatoms. The highest BCUT2D eigenvalue weighted by molar-refractivity contribution is 7.89. The van der Waals surface area contributed by atoms with Gasteiger partial charge < -0.3 is 15.1 Å². The van der Waals surface area contributed by atoms with Crippen LogP contribution < -0.4 is 10.6 Å². The van der Waals surface area contributed by atoms with Gasteiger partial charge in [-0.15, -0.1) is 10.2 Å². The molecule has 0 aliphatic carbocycles. The number of anilines is 1. The standard InChI is InChI=1S/C19H17N5O5S/c25-17-11-24(8-7-20-17)30(27,28)16-6-2-3-13(10-16)18(26)22-15-5-1-4-14(9-15)19-23-21-12-29-19/h1-6,9-10,12H,7-8,11H2,(H,20,25)(H,22,26). The van der Waals surface area contributed by atoms with E-state index in [-0.39, 0.29) is 36.0 Å². The molecule has 1 aliphatic heterocycles. The molecule has 0 atom stereocenters. The number of sulfonamides is 1. The molecule has 1 aliphatic rings. The van der Waals surface area contributed by atoms with Crippen molar-refractivity contribution < 1.29 is 22.4 Å². The molecular weight excluding hydrogens is 410 g/mol. The number of carbonyl (C=O) groups is 2. The average molecular weight is 427 g/mol. The van der Waals surface area contributed by atoms with Crippen LogP contribution in [0.1, 0.15) is 10.4 Å². The lowest BCUT2D eigenvalue weighted by molar-refractivity contribution is -0.122. The van der Waals surface area contributed by atoms with Crippen LogP contribution in [0.4, 0.5) is 5.69 Å². The summed E-state index contributed by atoms with van der Waals surface area (Å²) in [6, 6.07) is 12.5. The van der Waals surface area contributed by atoms with Gasteiger partial charge in [0.05, 0.1) is 11.4 Å². The zero-order chi connectivity index (χ0) is 21.1. The Labute approximate surface area is 172 Å². The van der Waals surface area contributed by atoms with Gasteiger partial charge in [0.15, 0.2) is 0 Å². The van der Waals surface area contributed by atoms with Gasteiger partial charge in [0, 0.05) is 29.9 Å². The number of benzene rings is 2. The molecular formula is C19H17N5O5S. The van der Waals surface area contributed by atoms with Gasteiger partial charge in [-0.25, -0.2) is 8.42 Å². The summed E-state index contributed by atoms with van der Waals surface area (Å²) >= 11 is 0. The zero-order valence-electron chi connectivity index (χ0n) is 15.6. The van der Waals surface area contributed by atoms with Crippen LogP contribution in [0.25, 0.3) is 11.5 Å². The SMILES string of the molecule is O=C1CN(S(=O)(=O)c2cccc(C(=O)Nc3cccc(-c4nnco4)c3)c2)CCN1. The predicted octanol–water partition coefficient (Wildman–Crippen LogP) is 1.11. The maximum atomic E-state index is 12.8. The Bertz CT molecular complexity index is 1190. The highest BCUT2D eigenvalue weighted by Crippen LogP contribution is 2.22. The lowest BCUT2D eigenvalue weighted by atomic mass is 10.1. The van der Waals surface area contributed by atoms with Crippen LogP contribution in [0.2, 0.25) is 0 Å². The van der Waals surface area contributed by atoms with Crippen molar-refractivity contribution in [1.29, 1.82) is 0 Å². The molecule has 2 aromatic carbocycles. The first kappa shape index (κ1) is 19.7. The van der Waals surface area contributed by atoms with Crippen molar-refractivity contribution in [2.75, 3.05) is 25.0 Å². The zero-order valence-corrected chi connectivity index (χ0v) is 16.4. The van der Waals surface area contributed by atoms with E-state index in [4.69, 9.17) is 4.42 Å². The summed E-state index contributed by atoms with van der Waals surface area (Å²) in [5, 5.41) is 12.8. The van der Waals surface area contributed by atoms with Gasteiger partial charge in [-0.05, 0) is 36.4 Å². The summed E-state index contributed by atoms with van der Waals surface area (Å²) in [5.74, 6) is -0.532. The average Bonchev–Trinajstić information content (AvgIpc) is 3.29. The molecule has 154 valence electrons. The quantitative estimate of drug-likeness (QED) is 0.623. The second-order valence-electron chi connectivity index (χ2n) is 6.50. The molecule has 1 saturated heterocycles. The molecule has 2 amide bonds. The second-order valence-corrected chi connectivity index (χ2v) is 8.43. The van der Waals surface area contributed by atoms with Crippen LogP contribution in [-0.2, 0) is 14.8 Å². The van der Waals surface area contributed by atoms with E-state index in [1.807, 2.05) is 0 Å². The van der Waals surface area contributed by atoms with Gasteiger partial charge in [-0.1, -0.05) is 12.1 Å². The fourth-order valence-corrected chi connectivity index (χ4v) is 4.44. The van der Waals surface area contributed by atoms with Crippen LogP contribution in [0.5, 0.6) is 0 Å². The molecule has 3 aromatic rings.